The molecule has 4 aromatic carbocycles. The van der Waals surface area contributed by atoms with Gasteiger partial charge in [-0.25, -0.2) is 0 Å². The van der Waals surface area contributed by atoms with E-state index < -0.39 is 0 Å². The molecule has 0 saturated heterocycles. The largest absolute Gasteiger partial charge is 0.481 e. The molecule has 0 amide bonds. The highest BCUT2D eigenvalue weighted by Gasteiger charge is 2.29. The molecule has 0 N–H and O–H groups in total. The van der Waals surface area contributed by atoms with Crippen LogP contribution in [-0.2, 0) is 0 Å². The van der Waals surface area contributed by atoms with Crippen molar-refractivity contribution in [1.82, 2.24) is 0 Å². The summed E-state index contributed by atoms with van der Waals surface area (Å²) in [6.07, 6.45) is 4.38. The summed E-state index contributed by atoms with van der Waals surface area (Å²) in [7, 11) is 0. The first-order valence-corrected chi connectivity index (χ1v) is 8.32. The van der Waals surface area contributed by atoms with Crippen LogP contribution in [0, 0.1) is 0 Å². The lowest BCUT2D eigenvalue weighted by atomic mass is 9.83. The van der Waals surface area contributed by atoms with Crippen LogP contribution in [0.4, 0.5) is 0 Å². The number of hydrogen-bond donors (Lipinski definition) is 0. The van der Waals surface area contributed by atoms with Gasteiger partial charge >= 0.3 is 0 Å². The van der Waals surface area contributed by atoms with E-state index in [2.05, 4.69) is 78.9 Å². The van der Waals surface area contributed by atoms with Gasteiger partial charge in [0, 0.05) is 11.1 Å². The van der Waals surface area contributed by atoms with Crippen molar-refractivity contribution >= 4 is 27.6 Å². The summed E-state index contributed by atoms with van der Waals surface area (Å²) in [6.45, 7) is 0. The van der Waals surface area contributed by atoms with Gasteiger partial charge in [0.15, 0.2) is 0 Å². The highest BCUT2D eigenvalue weighted by Crippen LogP contribution is 2.49. The SMILES string of the molecule is C1=CC2Oc3cc4ccccc4cc3-c3ccc4cccc1c4c32. The Bertz CT molecular complexity index is 1180. The Labute approximate surface area is 139 Å². The van der Waals surface area contributed by atoms with E-state index in [0.29, 0.717) is 0 Å². The van der Waals surface area contributed by atoms with Crippen LogP contribution in [0.3, 0.4) is 0 Å². The molecule has 1 unspecified atom stereocenters. The van der Waals surface area contributed by atoms with E-state index in [4.69, 9.17) is 4.74 Å². The van der Waals surface area contributed by atoms with Crippen molar-refractivity contribution in [1.29, 1.82) is 0 Å². The predicted octanol–water partition coefficient (Wildman–Crippen LogP) is 6.12. The van der Waals surface area contributed by atoms with E-state index in [1.54, 1.807) is 0 Å². The van der Waals surface area contributed by atoms with E-state index in [1.807, 2.05) is 0 Å². The highest BCUT2D eigenvalue weighted by molar-refractivity contribution is 6.02. The van der Waals surface area contributed by atoms with Gasteiger partial charge in [-0.2, -0.15) is 0 Å². The van der Waals surface area contributed by atoms with E-state index in [-0.39, 0.29) is 6.10 Å². The van der Waals surface area contributed by atoms with Crippen LogP contribution < -0.4 is 4.74 Å². The summed E-state index contributed by atoms with van der Waals surface area (Å²) in [5, 5.41) is 5.10. The molecule has 0 bridgehead atoms. The lowest BCUT2D eigenvalue weighted by Crippen LogP contribution is -2.15. The molecule has 0 radical (unpaired) electrons. The maximum Gasteiger partial charge on any atom is 0.144 e. The van der Waals surface area contributed by atoms with Gasteiger partial charge in [0.2, 0.25) is 0 Å². The maximum absolute atomic E-state index is 6.38. The fraction of sp³-hybridized carbons (Fsp3) is 0.0435. The molecule has 4 aromatic rings. The third kappa shape index (κ3) is 1.49. The van der Waals surface area contributed by atoms with Crippen molar-refractivity contribution in [2.24, 2.45) is 0 Å². The summed E-state index contributed by atoms with van der Waals surface area (Å²) < 4.78 is 6.38. The topological polar surface area (TPSA) is 9.23 Å². The van der Waals surface area contributed by atoms with E-state index >= 15 is 0 Å². The molecule has 2 aliphatic rings. The Morgan fingerprint density at radius 3 is 2.46 bits per heavy atom. The van der Waals surface area contributed by atoms with Gasteiger partial charge in [-0.1, -0.05) is 60.7 Å². The molecule has 1 heteroatoms. The average Bonchev–Trinajstić information content (AvgIpc) is 2.64. The van der Waals surface area contributed by atoms with Gasteiger partial charge in [-0.15, -0.1) is 0 Å². The molecule has 0 fully saturated rings. The number of fused-ring (bicyclic) bond motifs is 3. The Morgan fingerprint density at radius 1 is 0.708 bits per heavy atom. The quantitative estimate of drug-likeness (QED) is 0.380. The van der Waals surface area contributed by atoms with Crippen molar-refractivity contribution in [3.63, 3.8) is 0 Å². The number of benzene rings is 4. The van der Waals surface area contributed by atoms with Crippen LogP contribution >= 0.6 is 0 Å². The third-order valence-electron chi connectivity index (χ3n) is 5.25. The zero-order valence-electron chi connectivity index (χ0n) is 13.0. The van der Waals surface area contributed by atoms with Gasteiger partial charge in [-0.05, 0) is 50.9 Å². The van der Waals surface area contributed by atoms with Crippen molar-refractivity contribution < 1.29 is 4.74 Å². The van der Waals surface area contributed by atoms with Crippen molar-refractivity contribution in [3.8, 4) is 16.9 Å². The monoisotopic (exact) mass is 306 g/mol. The molecule has 1 atom stereocenters. The second-order valence-electron chi connectivity index (χ2n) is 6.57. The van der Waals surface area contributed by atoms with Crippen LogP contribution in [-0.4, -0.2) is 0 Å². The molecule has 0 saturated carbocycles. The highest BCUT2D eigenvalue weighted by atomic mass is 16.5. The fourth-order valence-electron chi connectivity index (χ4n) is 4.16. The first kappa shape index (κ1) is 12.4. The fourth-order valence-corrected chi connectivity index (χ4v) is 4.16. The molecule has 0 aromatic heterocycles. The van der Waals surface area contributed by atoms with Crippen LogP contribution in [0.1, 0.15) is 17.2 Å². The molecule has 6 rings (SSSR count). The van der Waals surface area contributed by atoms with Crippen molar-refractivity contribution in [3.05, 3.63) is 83.9 Å². The van der Waals surface area contributed by atoms with E-state index in [9.17, 15) is 0 Å². The third-order valence-corrected chi connectivity index (χ3v) is 5.25. The summed E-state index contributed by atoms with van der Waals surface area (Å²) in [4.78, 5) is 0. The first-order chi connectivity index (χ1) is 11.9. The predicted molar refractivity (Wildman–Crippen MR) is 99.3 cm³/mol. The summed E-state index contributed by atoms with van der Waals surface area (Å²) in [5.74, 6) is 0.981. The summed E-state index contributed by atoms with van der Waals surface area (Å²) in [6, 6.07) is 23.9. The number of ether oxygens (including phenoxy) is 1. The molecule has 1 nitrogen and oxygen atoms in total. The standard InChI is InChI=1S/C23H14O/c1-2-5-17-13-21-19(12-16(17)4-1)18-10-8-14-6-3-7-15-9-11-20(24-21)23(18)22(14)15/h1-13,20H. The molecule has 1 heterocycles. The second kappa shape index (κ2) is 4.27. The molecule has 1 aliphatic carbocycles. The average molecular weight is 306 g/mol. The minimum absolute atomic E-state index is 0.00672. The van der Waals surface area contributed by atoms with Crippen molar-refractivity contribution in [2.75, 3.05) is 0 Å². The maximum atomic E-state index is 6.38. The number of hydrogen-bond acceptors (Lipinski definition) is 1. The summed E-state index contributed by atoms with van der Waals surface area (Å²) in [5.41, 5.74) is 5.10. The van der Waals surface area contributed by atoms with Crippen LogP contribution in [0.15, 0.2) is 72.8 Å². The zero-order chi connectivity index (χ0) is 15.7. The molecule has 0 spiro atoms. The lowest BCUT2D eigenvalue weighted by molar-refractivity contribution is 0.254. The molecular formula is C23H14O. The summed E-state index contributed by atoms with van der Waals surface area (Å²) >= 11 is 0. The first-order valence-electron chi connectivity index (χ1n) is 8.32. The van der Waals surface area contributed by atoms with Crippen LogP contribution in [0.25, 0.3) is 38.7 Å². The Hall–Kier alpha value is -3.06. The molecule has 24 heavy (non-hydrogen) atoms. The van der Waals surface area contributed by atoms with Crippen LogP contribution in [0.2, 0.25) is 0 Å². The van der Waals surface area contributed by atoms with Gasteiger partial charge in [-0.3, -0.25) is 0 Å². The Morgan fingerprint density at radius 2 is 1.54 bits per heavy atom. The van der Waals surface area contributed by atoms with Gasteiger partial charge in [0.1, 0.15) is 11.9 Å². The van der Waals surface area contributed by atoms with Gasteiger partial charge < -0.3 is 4.74 Å². The van der Waals surface area contributed by atoms with Crippen molar-refractivity contribution in [2.45, 2.75) is 6.10 Å². The zero-order valence-corrected chi connectivity index (χ0v) is 13.0. The smallest absolute Gasteiger partial charge is 0.144 e. The normalized spacial score (nSPS) is 16.9. The molecule has 1 aliphatic heterocycles. The minimum Gasteiger partial charge on any atom is -0.481 e. The van der Waals surface area contributed by atoms with Crippen LogP contribution in [0.5, 0.6) is 5.75 Å². The molecule has 112 valence electrons. The lowest BCUT2D eigenvalue weighted by Gasteiger charge is -2.31. The Balaban J connectivity index is 1.76. The minimum atomic E-state index is 0.00672. The molecular weight excluding hydrogens is 292 g/mol. The van der Waals surface area contributed by atoms with E-state index in [1.165, 1.54) is 43.8 Å². The number of rotatable bonds is 0. The van der Waals surface area contributed by atoms with Gasteiger partial charge in [0.05, 0.1) is 0 Å². The van der Waals surface area contributed by atoms with E-state index in [0.717, 1.165) is 5.75 Å². The second-order valence-corrected chi connectivity index (χ2v) is 6.57. The Kier molecular flexibility index (Phi) is 2.20. The van der Waals surface area contributed by atoms with Gasteiger partial charge in [0.25, 0.3) is 0 Å².